The van der Waals surface area contributed by atoms with Crippen molar-refractivity contribution in [1.82, 2.24) is 4.90 Å². The SMILES string of the molecule is C=CC[C@@H]1C(CO)CN(C(=O)OCc2ccccc2)[C@@H]1C(=O)OC. The number of hydrogen-bond acceptors (Lipinski definition) is 5. The molecule has 0 radical (unpaired) electrons. The Hall–Kier alpha value is -2.34. The first kappa shape index (κ1) is 18.0. The van der Waals surface area contributed by atoms with Crippen molar-refractivity contribution in [2.45, 2.75) is 19.1 Å². The number of carbonyl (C=O) groups is 2. The van der Waals surface area contributed by atoms with E-state index in [2.05, 4.69) is 6.58 Å². The van der Waals surface area contributed by atoms with Crippen LogP contribution in [0.5, 0.6) is 0 Å². The minimum atomic E-state index is -0.770. The number of ether oxygens (including phenoxy) is 2. The van der Waals surface area contributed by atoms with Crippen LogP contribution in [0.25, 0.3) is 0 Å². The highest BCUT2D eigenvalue weighted by molar-refractivity contribution is 5.82. The number of benzene rings is 1. The van der Waals surface area contributed by atoms with Crippen molar-refractivity contribution in [3.63, 3.8) is 0 Å². The van der Waals surface area contributed by atoms with Crippen molar-refractivity contribution in [1.29, 1.82) is 0 Å². The number of carbonyl (C=O) groups excluding carboxylic acids is 2. The second kappa shape index (κ2) is 8.49. The topological polar surface area (TPSA) is 76.1 Å². The van der Waals surface area contributed by atoms with E-state index >= 15 is 0 Å². The molecule has 1 aromatic rings. The molecule has 0 spiro atoms. The largest absolute Gasteiger partial charge is 0.467 e. The molecule has 1 fully saturated rings. The number of methoxy groups -OCH3 is 1. The Morgan fingerprint density at radius 1 is 1.38 bits per heavy atom. The van der Waals surface area contributed by atoms with Crippen molar-refractivity contribution in [2.75, 3.05) is 20.3 Å². The van der Waals surface area contributed by atoms with Crippen LogP contribution in [-0.4, -0.2) is 48.4 Å². The molecule has 0 aromatic heterocycles. The first-order chi connectivity index (χ1) is 11.6. The molecule has 1 aliphatic rings. The van der Waals surface area contributed by atoms with Crippen LogP contribution in [-0.2, 0) is 20.9 Å². The van der Waals surface area contributed by atoms with Gasteiger partial charge in [-0.2, -0.15) is 0 Å². The zero-order valence-corrected chi connectivity index (χ0v) is 13.8. The predicted molar refractivity (Wildman–Crippen MR) is 88.0 cm³/mol. The predicted octanol–water partition coefficient (Wildman–Crippen LogP) is 1.98. The van der Waals surface area contributed by atoms with Gasteiger partial charge in [-0.1, -0.05) is 36.4 Å². The molecule has 1 heterocycles. The van der Waals surface area contributed by atoms with Gasteiger partial charge in [-0.25, -0.2) is 9.59 Å². The smallest absolute Gasteiger partial charge is 0.410 e. The highest BCUT2D eigenvalue weighted by Crippen LogP contribution is 2.34. The van der Waals surface area contributed by atoms with Crippen LogP contribution in [0.1, 0.15) is 12.0 Å². The van der Waals surface area contributed by atoms with Gasteiger partial charge in [0.25, 0.3) is 0 Å². The molecule has 1 saturated heterocycles. The molecule has 1 aromatic carbocycles. The van der Waals surface area contributed by atoms with Gasteiger partial charge in [-0.3, -0.25) is 4.90 Å². The third-order valence-corrected chi connectivity index (χ3v) is 4.33. The van der Waals surface area contributed by atoms with Crippen molar-refractivity contribution >= 4 is 12.1 Å². The average molecular weight is 333 g/mol. The van der Waals surface area contributed by atoms with Crippen LogP contribution in [0, 0.1) is 11.8 Å². The number of esters is 1. The van der Waals surface area contributed by atoms with Crippen LogP contribution in [0.2, 0.25) is 0 Å². The molecule has 130 valence electrons. The lowest BCUT2D eigenvalue weighted by molar-refractivity contribution is -0.146. The van der Waals surface area contributed by atoms with Crippen LogP contribution in [0.3, 0.4) is 0 Å². The molecule has 1 N–H and O–H groups in total. The molecule has 2 rings (SSSR count). The lowest BCUT2D eigenvalue weighted by Crippen LogP contribution is -2.44. The minimum absolute atomic E-state index is 0.117. The number of allylic oxidation sites excluding steroid dienone is 1. The molecule has 0 bridgehead atoms. The van der Waals surface area contributed by atoms with Gasteiger partial charge in [0.15, 0.2) is 0 Å². The summed E-state index contributed by atoms with van der Waals surface area (Å²) < 4.78 is 10.2. The number of rotatable bonds is 6. The molecule has 0 saturated carbocycles. The zero-order valence-electron chi connectivity index (χ0n) is 13.8. The number of aliphatic hydroxyl groups is 1. The number of hydrogen-bond donors (Lipinski definition) is 1. The fourth-order valence-electron chi connectivity index (χ4n) is 3.11. The Kier molecular flexibility index (Phi) is 6.37. The summed E-state index contributed by atoms with van der Waals surface area (Å²) in [5, 5.41) is 9.58. The average Bonchev–Trinajstić information content (AvgIpc) is 2.98. The van der Waals surface area contributed by atoms with Crippen LogP contribution >= 0.6 is 0 Å². The Bertz CT molecular complexity index is 574. The van der Waals surface area contributed by atoms with E-state index in [1.165, 1.54) is 12.0 Å². The van der Waals surface area contributed by atoms with Crippen molar-refractivity contribution in [2.24, 2.45) is 11.8 Å². The molecular weight excluding hydrogens is 310 g/mol. The summed E-state index contributed by atoms with van der Waals surface area (Å²) >= 11 is 0. The fourth-order valence-corrected chi connectivity index (χ4v) is 3.11. The normalized spacial score (nSPS) is 22.9. The zero-order chi connectivity index (χ0) is 17.5. The van der Waals surface area contributed by atoms with E-state index in [9.17, 15) is 14.7 Å². The Labute approximate surface area is 141 Å². The van der Waals surface area contributed by atoms with E-state index in [4.69, 9.17) is 9.47 Å². The van der Waals surface area contributed by atoms with E-state index < -0.39 is 18.1 Å². The summed E-state index contributed by atoms with van der Waals surface area (Å²) in [5.41, 5.74) is 0.862. The van der Waals surface area contributed by atoms with Crippen molar-refractivity contribution < 1.29 is 24.2 Å². The van der Waals surface area contributed by atoms with Gasteiger partial charge in [-0.05, 0) is 12.0 Å². The van der Waals surface area contributed by atoms with Crippen molar-refractivity contribution in [3.8, 4) is 0 Å². The van der Waals surface area contributed by atoms with Crippen LogP contribution in [0.4, 0.5) is 4.79 Å². The summed E-state index contributed by atoms with van der Waals surface area (Å²) in [6.07, 6.45) is 1.61. The van der Waals surface area contributed by atoms with Crippen LogP contribution in [0.15, 0.2) is 43.0 Å². The summed E-state index contributed by atoms with van der Waals surface area (Å²) in [6.45, 7) is 3.95. The molecule has 3 atom stereocenters. The highest BCUT2D eigenvalue weighted by atomic mass is 16.6. The van der Waals surface area contributed by atoms with E-state index in [0.29, 0.717) is 6.42 Å². The Morgan fingerprint density at radius 2 is 2.08 bits per heavy atom. The van der Waals surface area contributed by atoms with E-state index in [1.54, 1.807) is 6.08 Å². The second-order valence-electron chi connectivity index (χ2n) is 5.79. The maximum Gasteiger partial charge on any atom is 0.410 e. The number of aliphatic hydroxyl groups excluding tert-OH is 1. The standard InChI is InChI=1S/C18H23NO5/c1-3-7-15-14(11-20)10-19(16(15)17(21)23-2)18(22)24-12-13-8-5-4-6-9-13/h3-6,8-9,14-16,20H,1,7,10-12H2,2H3/t14?,15-,16+/m1/s1. The molecular formula is C18H23NO5. The third-order valence-electron chi connectivity index (χ3n) is 4.33. The molecule has 0 aliphatic carbocycles. The Balaban J connectivity index is 2.11. The first-order valence-electron chi connectivity index (χ1n) is 7.89. The summed E-state index contributed by atoms with van der Waals surface area (Å²) in [5.74, 6) is -0.949. The third kappa shape index (κ3) is 3.94. The maximum atomic E-state index is 12.4. The summed E-state index contributed by atoms with van der Waals surface area (Å²) in [6, 6.07) is 8.53. The van der Waals surface area contributed by atoms with Gasteiger partial charge in [0.1, 0.15) is 12.6 Å². The number of amides is 1. The maximum absolute atomic E-state index is 12.4. The van der Waals surface area contributed by atoms with Gasteiger partial charge in [0.2, 0.25) is 0 Å². The highest BCUT2D eigenvalue weighted by Gasteiger charge is 2.48. The summed E-state index contributed by atoms with van der Waals surface area (Å²) in [7, 11) is 1.28. The number of likely N-dealkylation sites (tertiary alicyclic amines) is 1. The molecule has 24 heavy (non-hydrogen) atoms. The van der Waals surface area contributed by atoms with E-state index in [0.717, 1.165) is 5.56 Å². The lowest BCUT2D eigenvalue weighted by Gasteiger charge is -2.25. The quantitative estimate of drug-likeness (QED) is 0.636. The molecule has 1 amide bonds. The molecule has 1 aliphatic heterocycles. The lowest BCUT2D eigenvalue weighted by atomic mass is 9.88. The molecule has 1 unspecified atom stereocenters. The fraction of sp³-hybridized carbons (Fsp3) is 0.444. The van der Waals surface area contributed by atoms with Gasteiger partial charge in [-0.15, -0.1) is 6.58 Å². The number of nitrogens with zero attached hydrogens (tertiary/aromatic N) is 1. The van der Waals surface area contributed by atoms with Crippen molar-refractivity contribution in [3.05, 3.63) is 48.6 Å². The van der Waals surface area contributed by atoms with Gasteiger partial charge >= 0.3 is 12.1 Å². The van der Waals surface area contributed by atoms with Crippen LogP contribution < -0.4 is 0 Å². The summed E-state index contributed by atoms with van der Waals surface area (Å²) in [4.78, 5) is 26.0. The van der Waals surface area contributed by atoms with E-state index in [1.807, 2.05) is 30.3 Å². The molecule has 6 heteroatoms. The van der Waals surface area contributed by atoms with Gasteiger partial charge < -0.3 is 14.6 Å². The minimum Gasteiger partial charge on any atom is -0.467 e. The monoisotopic (exact) mass is 333 g/mol. The second-order valence-corrected chi connectivity index (χ2v) is 5.79. The van der Waals surface area contributed by atoms with Gasteiger partial charge in [0, 0.05) is 25.0 Å². The van der Waals surface area contributed by atoms with Gasteiger partial charge in [0.05, 0.1) is 7.11 Å². The molecule has 6 nitrogen and oxygen atoms in total. The first-order valence-corrected chi connectivity index (χ1v) is 7.89. The van der Waals surface area contributed by atoms with E-state index in [-0.39, 0.29) is 31.6 Å². The Morgan fingerprint density at radius 3 is 2.67 bits per heavy atom.